The second-order valence-corrected chi connectivity index (χ2v) is 10.3. The zero-order chi connectivity index (χ0) is 25.4. The van der Waals surface area contributed by atoms with Crippen LogP contribution in [0.1, 0.15) is 49.4 Å². The van der Waals surface area contributed by atoms with Crippen LogP contribution in [0.5, 0.6) is 0 Å². The van der Waals surface area contributed by atoms with Crippen LogP contribution in [-0.4, -0.2) is 29.8 Å². The minimum atomic E-state index is -0.644. The minimum absolute atomic E-state index is 0.0747. The van der Waals surface area contributed by atoms with Gasteiger partial charge in [-0.3, -0.25) is 9.59 Å². The molecule has 0 saturated heterocycles. The molecule has 0 unspecified atom stereocenters. The SMILES string of the molecule is CNC(=O)[C@@H](Cc1ccccc1)N(Cc1ccccc1Cl)C(=O)CCc1ccc(C(C)(C)C)cc1. The number of carbonyl (C=O) groups excluding carboxylic acids is 2. The number of hydrogen-bond acceptors (Lipinski definition) is 2. The quantitative estimate of drug-likeness (QED) is 0.402. The van der Waals surface area contributed by atoms with Crippen LogP contribution in [0.25, 0.3) is 0 Å². The van der Waals surface area contributed by atoms with E-state index in [1.54, 1.807) is 11.9 Å². The third kappa shape index (κ3) is 7.43. The van der Waals surface area contributed by atoms with Crippen molar-refractivity contribution >= 4 is 23.4 Å². The molecule has 2 amide bonds. The van der Waals surface area contributed by atoms with E-state index in [4.69, 9.17) is 11.6 Å². The molecule has 184 valence electrons. The van der Waals surface area contributed by atoms with Crippen molar-refractivity contribution in [3.63, 3.8) is 0 Å². The van der Waals surface area contributed by atoms with Crippen molar-refractivity contribution < 1.29 is 9.59 Å². The van der Waals surface area contributed by atoms with Crippen molar-refractivity contribution in [2.75, 3.05) is 7.05 Å². The van der Waals surface area contributed by atoms with E-state index in [9.17, 15) is 9.59 Å². The first-order valence-corrected chi connectivity index (χ1v) is 12.4. The number of nitrogens with zero attached hydrogens (tertiary/aromatic N) is 1. The summed E-state index contributed by atoms with van der Waals surface area (Å²) in [7, 11) is 1.61. The summed E-state index contributed by atoms with van der Waals surface area (Å²) in [6.07, 6.45) is 1.34. The molecule has 35 heavy (non-hydrogen) atoms. The third-order valence-corrected chi connectivity index (χ3v) is 6.63. The molecule has 0 fully saturated rings. The fourth-order valence-electron chi connectivity index (χ4n) is 4.10. The van der Waals surface area contributed by atoms with Gasteiger partial charge in [-0.1, -0.05) is 105 Å². The van der Waals surface area contributed by atoms with Crippen molar-refractivity contribution in [1.82, 2.24) is 10.2 Å². The highest BCUT2D eigenvalue weighted by Gasteiger charge is 2.30. The molecule has 0 aliphatic heterocycles. The Morgan fingerprint density at radius 1 is 0.886 bits per heavy atom. The first-order chi connectivity index (χ1) is 16.7. The van der Waals surface area contributed by atoms with E-state index in [0.29, 0.717) is 24.3 Å². The Bertz CT molecular complexity index is 1120. The van der Waals surface area contributed by atoms with Crippen LogP contribution in [0.2, 0.25) is 5.02 Å². The summed E-state index contributed by atoms with van der Waals surface area (Å²) in [6.45, 7) is 6.82. The highest BCUT2D eigenvalue weighted by molar-refractivity contribution is 6.31. The van der Waals surface area contributed by atoms with Crippen LogP contribution in [0.15, 0.2) is 78.9 Å². The summed E-state index contributed by atoms with van der Waals surface area (Å²) < 4.78 is 0. The number of benzene rings is 3. The van der Waals surface area contributed by atoms with Gasteiger partial charge < -0.3 is 10.2 Å². The molecule has 0 saturated carbocycles. The van der Waals surface area contributed by atoms with Gasteiger partial charge in [-0.05, 0) is 40.2 Å². The molecule has 3 aromatic carbocycles. The molecule has 3 rings (SSSR count). The van der Waals surface area contributed by atoms with Crippen LogP contribution < -0.4 is 5.32 Å². The maximum atomic E-state index is 13.6. The lowest BCUT2D eigenvalue weighted by Gasteiger charge is -2.31. The molecule has 0 aliphatic carbocycles. The second kappa shape index (κ2) is 12.0. The van der Waals surface area contributed by atoms with Crippen LogP contribution in [0, 0.1) is 0 Å². The number of rotatable bonds is 9. The van der Waals surface area contributed by atoms with Gasteiger partial charge in [0.2, 0.25) is 11.8 Å². The van der Waals surface area contributed by atoms with E-state index in [1.807, 2.05) is 54.6 Å². The predicted octanol–water partition coefficient (Wildman–Crippen LogP) is 5.96. The molecule has 0 spiro atoms. The Morgan fingerprint density at radius 2 is 1.51 bits per heavy atom. The summed E-state index contributed by atoms with van der Waals surface area (Å²) in [4.78, 5) is 28.3. The largest absolute Gasteiger partial charge is 0.357 e. The van der Waals surface area contributed by atoms with Crippen molar-refractivity contribution in [2.45, 2.75) is 58.0 Å². The fraction of sp³-hybridized carbons (Fsp3) is 0.333. The van der Waals surface area contributed by atoms with Crippen LogP contribution in [0.4, 0.5) is 0 Å². The van der Waals surface area contributed by atoms with Gasteiger partial charge in [0.15, 0.2) is 0 Å². The molecule has 0 aromatic heterocycles. The molecule has 4 nitrogen and oxygen atoms in total. The maximum absolute atomic E-state index is 13.6. The van der Waals surface area contributed by atoms with Gasteiger partial charge >= 0.3 is 0 Å². The summed E-state index contributed by atoms with van der Waals surface area (Å²) in [6, 6.07) is 25.0. The summed E-state index contributed by atoms with van der Waals surface area (Å²) in [5.74, 6) is -0.266. The number of nitrogens with one attached hydrogen (secondary N) is 1. The highest BCUT2D eigenvalue weighted by atomic mass is 35.5. The first-order valence-electron chi connectivity index (χ1n) is 12.1. The number of hydrogen-bond donors (Lipinski definition) is 1. The molecule has 0 radical (unpaired) electrons. The Hall–Kier alpha value is -3.11. The van der Waals surface area contributed by atoms with Crippen molar-refractivity contribution in [1.29, 1.82) is 0 Å². The average Bonchev–Trinajstić information content (AvgIpc) is 2.85. The highest BCUT2D eigenvalue weighted by Crippen LogP contribution is 2.24. The van der Waals surface area contributed by atoms with Gasteiger partial charge in [-0.15, -0.1) is 0 Å². The number of carbonyl (C=O) groups is 2. The van der Waals surface area contributed by atoms with E-state index in [-0.39, 0.29) is 23.8 Å². The van der Waals surface area contributed by atoms with Gasteiger partial charge in [0, 0.05) is 31.5 Å². The molecule has 1 atom stereocenters. The zero-order valence-electron chi connectivity index (χ0n) is 21.1. The molecule has 3 aromatic rings. The van der Waals surface area contributed by atoms with E-state index < -0.39 is 6.04 Å². The lowest BCUT2D eigenvalue weighted by Crippen LogP contribution is -2.49. The van der Waals surface area contributed by atoms with E-state index in [0.717, 1.165) is 16.7 Å². The smallest absolute Gasteiger partial charge is 0.242 e. The summed E-state index contributed by atoms with van der Waals surface area (Å²) >= 11 is 6.44. The molecule has 0 heterocycles. The molecule has 0 bridgehead atoms. The average molecular weight is 491 g/mol. The Balaban J connectivity index is 1.85. The van der Waals surface area contributed by atoms with Crippen LogP contribution in [0.3, 0.4) is 0 Å². The summed E-state index contributed by atoms with van der Waals surface area (Å²) in [5.41, 5.74) is 4.26. The van der Waals surface area contributed by atoms with E-state index >= 15 is 0 Å². The predicted molar refractivity (Wildman–Crippen MR) is 143 cm³/mol. The normalized spacial score (nSPS) is 12.1. The van der Waals surface area contributed by atoms with Gasteiger partial charge in [0.25, 0.3) is 0 Å². The topological polar surface area (TPSA) is 49.4 Å². The van der Waals surface area contributed by atoms with Crippen molar-refractivity contribution in [3.8, 4) is 0 Å². The van der Waals surface area contributed by atoms with Crippen molar-refractivity contribution in [3.05, 3.63) is 106 Å². The lowest BCUT2D eigenvalue weighted by molar-refractivity contribution is -0.141. The molecule has 5 heteroatoms. The second-order valence-electron chi connectivity index (χ2n) is 9.88. The summed E-state index contributed by atoms with van der Waals surface area (Å²) in [5, 5.41) is 3.33. The van der Waals surface area contributed by atoms with Crippen molar-refractivity contribution in [2.24, 2.45) is 0 Å². The van der Waals surface area contributed by atoms with Gasteiger partial charge in [-0.2, -0.15) is 0 Å². The monoisotopic (exact) mass is 490 g/mol. The van der Waals surface area contributed by atoms with Crippen LogP contribution >= 0.6 is 11.6 Å². The Kier molecular flexibility index (Phi) is 9.11. The molecular formula is C30H35ClN2O2. The van der Waals surface area contributed by atoms with Gasteiger partial charge in [0.1, 0.15) is 6.04 Å². The number of amides is 2. The van der Waals surface area contributed by atoms with Gasteiger partial charge in [0.05, 0.1) is 0 Å². The number of likely N-dealkylation sites (N-methyl/N-ethyl adjacent to an activating group) is 1. The standard InChI is InChI=1S/C30H35ClN2O2/c1-30(2,3)25-17-14-22(15-18-25)16-19-28(34)33(21-24-12-8-9-13-26(24)31)27(29(35)32-4)20-23-10-6-5-7-11-23/h5-15,17-18,27H,16,19-21H2,1-4H3,(H,32,35)/t27-/m1/s1. The Morgan fingerprint density at radius 3 is 2.11 bits per heavy atom. The molecule has 1 N–H and O–H groups in total. The first kappa shape index (κ1) is 26.5. The Labute approximate surface area is 214 Å². The maximum Gasteiger partial charge on any atom is 0.242 e. The van der Waals surface area contributed by atoms with Gasteiger partial charge in [-0.25, -0.2) is 0 Å². The molecular weight excluding hydrogens is 456 g/mol. The molecule has 0 aliphatic rings. The lowest BCUT2D eigenvalue weighted by atomic mass is 9.86. The van der Waals surface area contributed by atoms with E-state index in [1.165, 1.54) is 5.56 Å². The van der Waals surface area contributed by atoms with E-state index in [2.05, 4.69) is 50.4 Å². The van der Waals surface area contributed by atoms with Crippen LogP contribution in [-0.2, 0) is 34.4 Å². The minimum Gasteiger partial charge on any atom is -0.357 e. The fourth-order valence-corrected chi connectivity index (χ4v) is 4.29. The zero-order valence-corrected chi connectivity index (χ0v) is 21.8. The third-order valence-electron chi connectivity index (χ3n) is 6.26. The number of aryl methyl sites for hydroxylation is 1. The number of halogens is 1.